The normalized spacial score (nSPS) is 23.2. The number of aliphatic hydroxyl groups excluding tert-OH is 1. The quantitative estimate of drug-likeness (QED) is 0.883. The number of hydrogen-bond donors (Lipinski definition) is 2. The first-order valence-corrected chi connectivity index (χ1v) is 7.95. The molecule has 6 heteroatoms. The van der Waals surface area contributed by atoms with Crippen molar-refractivity contribution in [2.75, 3.05) is 7.11 Å². The van der Waals surface area contributed by atoms with Crippen LogP contribution in [-0.4, -0.2) is 30.3 Å². The summed E-state index contributed by atoms with van der Waals surface area (Å²) in [5, 5.41) is 12.5. The second-order valence-corrected chi connectivity index (χ2v) is 6.83. The number of amides is 1. The minimum absolute atomic E-state index is 0.0861. The van der Waals surface area contributed by atoms with Crippen molar-refractivity contribution >= 4 is 33.2 Å². The number of methoxy groups -OCH3 is 1. The van der Waals surface area contributed by atoms with Gasteiger partial charge in [0.15, 0.2) is 5.75 Å². The number of carbonyl (C=O) groups is 1. The first-order valence-electron chi connectivity index (χ1n) is 6.34. The molecule has 2 N–H and O–H groups in total. The van der Waals surface area contributed by atoms with Crippen LogP contribution in [0.1, 0.15) is 40.2 Å². The lowest BCUT2D eigenvalue weighted by Crippen LogP contribution is -2.38. The number of rotatable bonds is 3. The van der Waals surface area contributed by atoms with Crippen LogP contribution in [0.4, 0.5) is 0 Å². The van der Waals surface area contributed by atoms with Gasteiger partial charge in [0.2, 0.25) is 0 Å². The number of carbonyl (C=O) groups excluding carboxylic acids is 1. The number of aliphatic hydroxyl groups is 1. The average Bonchev–Trinajstić information content (AvgIpc) is 2.68. The van der Waals surface area contributed by atoms with Crippen molar-refractivity contribution in [2.45, 2.75) is 44.8 Å². The Bertz CT molecular complexity index is 467. The summed E-state index contributed by atoms with van der Waals surface area (Å²) in [4.78, 5) is 13.9. The molecular formula is C13H18BrNO3S. The first kappa shape index (κ1) is 14.8. The molecule has 1 saturated carbocycles. The van der Waals surface area contributed by atoms with Crippen LogP contribution in [0.5, 0.6) is 5.75 Å². The van der Waals surface area contributed by atoms with Crippen molar-refractivity contribution in [1.29, 1.82) is 0 Å². The molecule has 4 nitrogen and oxygen atoms in total. The lowest BCUT2D eigenvalue weighted by molar-refractivity contribution is 0.0869. The Morgan fingerprint density at radius 1 is 1.42 bits per heavy atom. The molecule has 1 aromatic heterocycles. The third-order valence-electron chi connectivity index (χ3n) is 3.41. The van der Waals surface area contributed by atoms with E-state index in [2.05, 4.69) is 21.2 Å². The molecule has 19 heavy (non-hydrogen) atoms. The fraction of sp³-hybridized carbons (Fsp3) is 0.615. The van der Waals surface area contributed by atoms with Gasteiger partial charge in [0.25, 0.3) is 5.91 Å². The summed E-state index contributed by atoms with van der Waals surface area (Å²) in [7, 11) is 1.57. The number of halogens is 1. The van der Waals surface area contributed by atoms with E-state index < -0.39 is 0 Å². The molecule has 1 amide bonds. The largest absolute Gasteiger partial charge is 0.494 e. The summed E-state index contributed by atoms with van der Waals surface area (Å²) >= 11 is 4.86. The Morgan fingerprint density at radius 2 is 2.05 bits per heavy atom. The van der Waals surface area contributed by atoms with Gasteiger partial charge in [0.1, 0.15) is 4.88 Å². The van der Waals surface area contributed by atoms with E-state index in [-0.39, 0.29) is 18.1 Å². The molecule has 0 aromatic carbocycles. The maximum Gasteiger partial charge on any atom is 0.265 e. The van der Waals surface area contributed by atoms with Gasteiger partial charge in [-0.2, -0.15) is 0 Å². The van der Waals surface area contributed by atoms with Crippen molar-refractivity contribution < 1.29 is 14.6 Å². The van der Waals surface area contributed by atoms with Crippen LogP contribution >= 0.6 is 27.3 Å². The van der Waals surface area contributed by atoms with Gasteiger partial charge >= 0.3 is 0 Å². The van der Waals surface area contributed by atoms with E-state index in [1.54, 1.807) is 7.11 Å². The van der Waals surface area contributed by atoms with Crippen molar-refractivity contribution in [3.8, 4) is 5.75 Å². The van der Waals surface area contributed by atoms with Gasteiger partial charge in [0.05, 0.1) is 17.7 Å². The number of ether oxygens (including phenoxy) is 1. The zero-order valence-electron chi connectivity index (χ0n) is 11.0. The Morgan fingerprint density at radius 3 is 2.63 bits per heavy atom. The molecule has 106 valence electrons. The maximum absolute atomic E-state index is 12.3. The molecule has 1 fully saturated rings. The zero-order chi connectivity index (χ0) is 14.0. The summed E-state index contributed by atoms with van der Waals surface area (Å²) in [6.45, 7) is 1.95. The van der Waals surface area contributed by atoms with E-state index in [1.807, 2.05) is 6.92 Å². The van der Waals surface area contributed by atoms with Gasteiger partial charge in [-0.25, -0.2) is 0 Å². The monoisotopic (exact) mass is 347 g/mol. The van der Waals surface area contributed by atoms with Gasteiger partial charge in [-0.15, -0.1) is 11.3 Å². The first-order chi connectivity index (χ1) is 9.02. The highest BCUT2D eigenvalue weighted by Gasteiger charge is 2.25. The van der Waals surface area contributed by atoms with Crippen LogP contribution in [0.15, 0.2) is 4.47 Å². The Balaban J connectivity index is 2.06. The molecule has 0 unspecified atom stereocenters. The van der Waals surface area contributed by atoms with E-state index in [0.29, 0.717) is 10.6 Å². The maximum atomic E-state index is 12.3. The van der Waals surface area contributed by atoms with Crippen molar-refractivity contribution in [3.05, 3.63) is 14.2 Å². The number of nitrogens with one attached hydrogen (secondary N) is 1. The minimum atomic E-state index is -0.208. The van der Waals surface area contributed by atoms with Crippen molar-refractivity contribution in [1.82, 2.24) is 5.32 Å². The Kier molecular flexibility index (Phi) is 4.86. The SMILES string of the molecule is COc1c(C(=O)NC2CCC(O)CC2)sc(C)c1Br. The molecule has 0 saturated heterocycles. The summed E-state index contributed by atoms with van der Waals surface area (Å²) in [6.07, 6.45) is 2.98. The highest BCUT2D eigenvalue weighted by Crippen LogP contribution is 2.39. The minimum Gasteiger partial charge on any atom is -0.494 e. The zero-order valence-corrected chi connectivity index (χ0v) is 13.4. The predicted molar refractivity (Wildman–Crippen MR) is 79.0 cm³/mol. The molecular weight excluding hydrogens is 330 g/mol. The Hall–Kier alpha value is -0.590. The molecule has 0 aliphatic heterocycles. The van der Waals surface area contributed by atoms with Gasteiger partial charge in [-0.05, 0) is 48.5 Å². The third kappa shape index (κ3) is 3.30. The molecule has 0 atom stereocenters. The fourth-order valence-electron chi connectivity index (χ4n) is 2.31. The topological polar surface area (TPSA) is 58.6 Å². The lowest BCUT2D eigenvalue weighted by Gasteiger charge is -2.26. The van der Waals surface area contributed by atoms with E-state index >= 15 is 0 Å². The predicted octanol–water partition coefficient (Wildman–Crippen LogP) is 2.86. The summed E-state index contributed by atoms with van der Waals surface area (Å²) in [6, 6.07) is 0.154. The van der Waals surface area contributed by atoms with E-state index in [4.69, 9.17) is 4.74 Å². The van der Waals surface area contributed by atoms with Crippen molar-refractivity contribution in [2.24, 2.45) is 0 Å². The van der Waals surface area contributed by atoms with Crippen LogP contribution < -0.4 is 10.1 Å². The highest BCUT2D eigenvalue weighted by molar-refractivity contribution is 9.10. The van der Waals surface area contributed by atoms with Crippen LogP contribution in [0.3, 0.4) is 0 Å². The van der Waals surface area contributed by atoms with Crippen LogP contribution in [0.25, 0.3) is 0 Å². The summed E-state index contributed by atoms with van der Waals surface area (Å²) < 4.78 is 6.14. The van der Waals surface area contributed by atoms with Gasteiger partial charge in [-0.1, -0.05) is 0 Å². The number of aryl methyl sites for hydroxylation is 1. The molecule has 1 aliphatic rings. The van der Waals surface area contributed by atoms with E-state index in [0.717, 1.165) is 35.0 Å². The summed E-state index contributed by atoms with van der Waals surface area (Å²) in [5.41, 5.74) is 0. The van der Waals surface area contributed by atoms with Gasteiger partial charge in [-0.3, -0.25) is 4.79 Å². The van der Waals surface area contributed by atoms with E-state index in [9.17, 15) is 9.90 Å². The average molecular weight is 348 g/mol. The third-order valence-corrected chi connectivity index (χ3v) is 5.71. The molecule has 2 rings (SSSR count). The van der Waals surface area contributed by atoms with Gasteiger partial charge < -0.3 is 15.2 Å². The molecule has 0 bridgehead atoms. The van der Waals surface area contributed by atoms with E-state index in [1.165, 1.54) is 11.3 Å². The second-order valence-electron chi connectivity index (χ2n) is 4.81. The van der Waals surface area contributed by atoms with Crippen molar-refractivity contribution in [3.63, 3.8) is 0 Å². The lowest BCUT2D eigenvalue weighted by atomic mass is 9.93. The standard InChI is InChI=1S/C13H18BrNO3S/c1-7-10(14)11(18-2)12(19-7)13(17)15-8-3-5-9(16)6-4-8/h8-9,16H,3-6H2,1-2H3,(H,15,17). The van der Waals surface area contributed by atoms with Crippen LogP contribution in [0, 0.1) is 6.92 Å². The molecule has 1 aromatic rings. The Labute approximate surface area is 125 Å². The smallest absolute Gasteiger partial charge is 0.265 e. The summed E-state index contributed by atoms with van der Waals surface area (Å²) in [5.74, 6) is 0.521. The fourth-order valence-corrected chi connectivity index (χ4v) is 3.96. The molecule has 0 spiro atoms. The van der Waals surface area contributed by atoms with Gasteiger partial charge in [0, 0.05) is 10.9 Å². The molecule has 1 aliphatic carbocycles. The molecule has 0 radical (unpaired) electrons. The number of hydrogen-bond acceptors (Lipinski definition) is 4. The number of thiophene rings is 1. The van der Waals surface area contributed by atoms with Crippen LogP contribution in [-0.2, 0) is 0 Å². The molecule has 1 heterocycles. The second kappa shape index (κ2) is 6.24. The van der Waals surface area contributed by atoms with Crippen LogP contribution in [0.2, 0.25) is 0 Å². The highest BCUT2D eigenvalue weighted by atomic mass is 79.9.